The Labute approximate surface area is 129 Å². The van der Waals surface area contributed by atoms with Gasteiger partial charge in [0.15, 0.2) is 5.78 Å². The fourth-order valence-corrected chi connectivity index (χ4v) is 2.18. The van der Waals surface area contributed by atoms with Crippen LogP contribution in [0.15, 0.2) is 54.6 Å². The van der Waals surface area contributed by atoms with Crippen molar-refractivity contribution in [2.45, 2.75) is 19.4 Å². The molecule has 2 aromatic rings. The molecule has 3 nitrogen and oxygen atoms in total. The molecule has 0 heterocycles. The lowest BCUT2D eigenvalue weighted by atomic mass is 10.1. The number of hydrogen-bond acceptors (Lipinski definition) is 2. The second-order valence-corrected chi connectivity index (χ2v) is 5.17. The number of rotatable bonds is 6. The van der Waals surface area contributed by atoms with Gasteiger partial charge in [-0.25, -0.2) is 4.39 Å². The summed E-state index contributed by atoms with van der Waals surface area (Å²) < 4.78 is 13.1. The van der Waals surface area contributed by atoms with Crippen molar-refractivity contribution >= 4 is 11.7 Å². The minimum absolute atomic E-state index is 0.0481. The standard InChI is InChI=1S/C18H18FNO2/c1-20(13-14-6-5-9-16(19)12-14)18(22)11-10-17(21)15-7-3-2-4-8-15/h2-9,12H,10-11,13H2,1H3. The van der Waals surface area contributed by atoms with Gasteiger partial charge in [0.1, 0.15) is 5.82 Å². The Morgan fingerprint density at radius 1 is 1.00 bits per heavy atom. The molecule has 0 aliphatic heterocycles. The summed E-state index contributed by atoms with van der Waals surface area (Å²) in [7, 11) is 1.65. The molecular weight excluding hydrogens is 281 g/mol. The molecule has 2 aromatic carbocycles. The van der Waals surface area contributed by atoms with Crippen LogP contribution in [0, 0.1) is 5.82 Å². The number of carbonyl (C=O) groups is 2. The summed E-state index contributed by atoms with van der Waals surface area (Å²) in [5.41, 5.74) is 1.34. The van der Waals surface area contributed by atoms with E-state index in [-0.39, 0.29) is 30.3 Å². The third-order valence-electron chi connectivity index (χ3n) is 3.40. The highest BCUT2D eigenvalue weighted by Crippen LogP contribution is 2.10. The van der Waals surface area contributed by atoms with E-state index in [1.54, 1.807) is 43.4 Å². The first-order valence-electron chi connectivity index (χ1n) is 7.13. The van der Waals surface area contributed by atoms with Gasteiger partial charge in [0, 0.05) is 32.0 Å². The number of benzene rings is 2. The average molecular weight is 299 g/mol. The van der Waals surface area contributed by atoms with E-state index in [0.717, 1.165) is 5.56 Å². The van der Waals surface area contributed by atoms with Gasteiger partial charge in [0.25, 0.3) is 0 Å². The molecule has 0 atom stereocenters. The fraction of sp³-hybridized carbons (Fsp3) is 0.222. The molecule has 0 aromatic heterocycles. The third-order valence-corrected chi connectivity index (χ3v) is 3.40. The van der Waals surface area contributed by atoms with Crippen LogP contribution in [-0.4, -0.2) is 23.6 Å². The largest absolute Gasteiger partial charge is 0.341 e. The number of ketones is 1. The predicted octanol–water partition coefficient (Wildman–Crippen LogP) is 3.45. The summed E-state index contributed by atoms with van der Waals surface area (Å²) in [6.07, 6.45) is 0.329. The summed E-state index contributed by atoms with van der Waals surface area (Å²) in [5.74, 6) is -0.501. The zero-order chi connectivity index (χ0) is 15.9. The van der Waals surface area contributed by atoms with Gasteiger partial charge in [-0.1, -0.05) is 42.5 Å². The van der Waals surface area contributed by atoms with Gasteiger partial charge >= 0.3 is 0 Å². The summed E-state index contributed by atoms with van der Waals surface area (Å²) in [5, 5.41) is 0. The number of Topliss-reactive ketones (excluding diaryl/α,β-unsaturated/α-hetero) is 1. The van der Waals surface area contributed by atoms with E-state index in [1.165, 1.54) is 17.0 Å². The van der Waals surface area contributed by atoms with Crippen molar-refractivity contribution in [3.63, 3.8) is 0 Å². The maximum atomic E-state index is 13.1. The van der Waals surface area contributed by atoms with Crippen LogP contribution in [0.2, 0.25) is 0 Å². The molecule has 114 valence electrons. The molecule has 0 unspecified atom stereocenters. The predicted molar refractivity (Wildman–Crippen MR) is 82.9 cm³/mol. The van der Waals surface area contributed by atoms with E-state index >= 15 is 0 Å². The fourth-order valence-electron chi connectivity index (χ4n) is 2.18. The van der Waals surface area contributed by atoms with Gasteiger partial charge in [-0.3, -0.25) is 9.59 Å². The molecule has 4 heteroatoms. The second kappa shape index (κ2) is 7.50. The summed E-state index contributed by atoms with van der Waals surface area (Å²) in [4.78, 5) is 25.5. The molecular formula is C18H18FNO2. The zero-order valence-corrected chi connectivity index (χ0v) is 12.5. The molecule has 0 aliphatic rings. The van der Waals surface area contributed by atoms with Gasteiger partial charge in [-0.15, -0.1) is 0 Å². The first kappa shape index (κ1) is 15.9. The van der Waals surface area contributed by atoms with E-state index in [9.17, 15) is 14.0 Å². The molecule has 0 radical (unpaired) electrons. The molecule has 0 saturated heterocycles. The lowest BCUT2D eigenvalue weighted by Crippen LogP contribution is -2.26. The van der Waals surface area contributed by atoms with Crippen LogP contribution in [0.3, 0.4) is 0 Å². The lowest BCUT2D eigenvalue weighted by molar-refractivity contribution is -0.130. The van der Waals surface area contributed by atoms with Crippen LogP contribution in [0.4, 0.5) is 4.39 Å². The van der Waals surface area contributed by atoms with E-state index in [4.69, 9.17) is 0 Å². The third kappa shape index (κ3) is 4.52. The SMILES string of the molecule is CN(Cc1cccc(F)c1)C(=O)CCC(=O)c1ccccc1. The highest BCUT2D eigenvalue weighted by Gasteiger charge is 2.13. The first-order chi connectivity index (χ1) is 10.6. The Morgan fingerprint density at radius 3 is 2.41 bits per heavy atom. The van der Waals surface area contributed by atoms with Crippen LogP contribution in [0.25, 0.3) is 0 Å². The topological polar surface area (TPSA) is 37.4 Å². The number of halogens is 1. The quantitative estimate of drug-likeness (QED) is 0.766. The highest BCUT2D eigenvalue weighted by atomic mass is 19.1. The van der Waals surface area contributed by atoms with Crippen LogP contribution in [0.1, 0.15) is 28.8 Å². The Morgan fingerprint density at radius 2 is 1.73 bits per heavy atom. The van der Waals surface area contributed by atoms with Gasteiger partial charge in [0.05, 0.1) is 0 Å². The molecule has 0 fully saturated rings. The van der Waals surface area contributed by atoms with Gasteiger partial charge in [-0.05, 0) is 17.7 Å². The molecule has 0 N–H and O–H groups in total. The molecule has 0 bridgehead atoms. The minimum Gasteiger partial charge on any atom is -0.341 e. The first-order valence-corrected chi connectivity index (χ1v) is 7.13. The number of carbonyl (C=O) groups excluding carboxylic acids is 2. The summed E-state index contributed by atoms with van der Waals surface area (Å²) >= 11 is 0. The maximum Gasteiger partial charge on any atom is 0.223 e. The van der Waals surface area contributed by atoms with E-state index in [0.29, 0.717) is 12.1 Å². The van der Waals surface area contributed by atoms with Crippen molar-refractivity contribution in [3.8, 4) is 0 Å². The normalized spacial score (nSPS) is 10.3. The Bertz CT molecular complexity index is 655. The minimum atomic E-state index is -0.322. The zero-order valence-electron chi connectivity index (χ0n) is 12.5. The highest BCUT2D eigenvalue weighted by molar-refractivity contribution is 5.97. The number of hydrogen-bond donors (Lipinski definition) is 0. The molecule has 0 spiro atoms. The molecule has 2 rings (SSSR count). The molecule has 22 heavy (non-hydrogen) atoms. The monoisotopic (exact) mass is 299 g/mol. The molecule has 0 saturated carbocycles. The number of amides is 1. The van der Waals surface area contributed by atoms with Crippen molar-refractivity contribution in [2.24, 2.45) is 0 Å². The van der Waals surface area contributed by atoms with E-state index in [2.05, 4.69) is 0 Å². The van der Waals surface area contributed by atoms with Crippen molar-refractivity contribution in [1.82, 2.24) is 4.90 Å². The van der Waals surface area contributed by atoms with Gasteiger partial charge in [-0.2, -0.15) is 0 Å². The van der Waals surface area contributed by atoms with Gasteiger partial charge in [0.2, 0.25) is 5.91 Å². The summed E-state index contributed by atoms with van der Waals surface area (Å²) in [6.45, 7) is 0.329. The molecule has 1 amide bonds. The summed E-state index contributed by atoms with van der Waals surface area (Å²) in [6, 6.07) is 15.1. The van der Waals surface area contributed by atoms with Crippen molar-refractivity contribution in [2.75, 3.05) is 7.05 Å². The van der Waals surface area contributed by atoms with Crippen LogP contribution >= 0.6 is 0 Å². The van der Waals surface area contributed by atoms with Crippen molar-refractivity contribution < 1.29 is 14.0 Å². The Hall–Kier alpha value is -2.49. The van der Waals surface area contributed by atoms with Crippen LogP contribution in [-0.2, 0) is 11.3 Å². The number of nitrogens with zero attached hydrogens (tertiary/aromatic N) is 1. The van der Waals surface area contributed by atoms with Crippen LogP contribution < -0.4 is 0 Å². The average Bonchev–Trinajstić information content (AvgIpc) is 2.53. The smallest absolute Gasteiger partial charge is 0.223 e. The second-order valence-electron chi connectivity index (χ2n) is 5.17. The Balaban J connectivity index is 1.85. The molecule has 0 aliphatic carbocycles. The van der Waals surface area contributed by atoms with E-state index in [1.807, 2.05) is 6.07 Å². The van der Waals surface area contributed by atoms with Crippen molar-refractivity contribution in [1.29, 1.82) is 0 Å². The maximum absolute atomic E-state index is 13.1. The Kier molecular flexibility index (Phi) is 5.42. The van der Waals surface area contributed by atoms with Crippen molar-refractivity contribution in [3.05, 3.63) is 71.5 Å². The van der Waals surface area contributed by atoms with Crippen LogP contribution in [0.5, 0.6) is 0 Å². The van der Waals surface area contributed by atoms with E-state index < -0.39 is 0 Å². The van der Waals surface area contributed by atoms with Gasteiger partial charge < -0.3 is 4.90 Å². The lowest BCUT2D eigenvalue weighted by Gasteiger charge is -2.17.